The number of rotatable bonds is 7. The van der Waals surface area contributed by atoms with Crippen LogP contribution in [-0.4, -0.2) is 17.7 Å². The predicted molar refractivity (Wildman–Crippen MR) is 109 cm³/mol. The molecule has 1 aromatic heterocycles. The van der Waals surface area contributed by atoms with Gasteiger partial charge in [0.15, 0.2) is 0 Å². The van der Waals surface area contributed by atoms with Gasteiger partial charge in [0.1, 0.15) is 17.1 Å². The van der Waals surface area contributed by atoms with Gasteiger partial charge in [-0.2, -0.15) is 0 Å². The predicted octanol–water partition coefficient (Wildman–Crippen LogP) is 5.88. The van der Waals surface area contributed by atoms with Gasteiger partial charge >= 0.3 is 11.9 Å². The molecule has 6 heteroatoms. The summed E-state index contributed by atoms with van der Waals surface area (Å²) < 4.78 is 17.5. The van der Waals surface area contributed by atoms with Crippen LogP contribution >= 0.6 is 15.9 Å². The van der Waals surface area contributed by atoms with Gasteiger partial charge in [-0.15, -0.1) is 0 Å². The number of benzene rings is 1. The van der Waals surface area contributed by atoms with Gasteiger partial charge in [0, 0.05) is 29.5 Å². The van der Waals surface area contributed by atoms with Gasteiger partial charge < -0.3 is 13.9 Å². The van der Waals surface area contributed by atoms with Crippen molar-refractivity contribution in [2.24, 2.45) is 0 Å². The van der Waals surface area contributed by atoms with Crippen LogP contribution in [0.4, 0.5) is 0 Å². The fourth-order valence-electron chi connectivity index (χ4n) is 3.07. The zero-order valence-corrected chi connectivity index (χ0v) is 17.6. The number of unbranched alkanes of at least 4 members (excludes halogenated alkanes) is 3. The summed E-state index contributed by atoms with van der Waals surface area (Å²) >= 11 is 3.42. The Morgan fingerprint density at radius 3 is 2.46 bits per heavy atom. The fraction of sp³-hybridized carbons (Fsp3) is 0.364. The van der Waals surface area contributed by atoms with Crippen molar-refractivity contribution < 1.29 is 23.5 Å². The minimum atomic E-state index is -1.20. The van der Waals surface area contributed by atoms with Crippen molar-refractivity contribution in [1.82, 2.24) is 0 Å². The smallest absolute Gasteiger partial charge is 0.348 e. The van der Waals surface area contributed by atoms with E-state index in [0.29, 0.717) is 17.9 Å². The molecule has 0 amide bonds. The molecule has 1 aromatic carbocycles. The van der Waals surface area contributed by atoms with Crippen LogP contribution in [0.5, 0.6) is 0 Å². The lowest BCUT2D eigenvalue weighted by Gasteiger charge is -2.33. The maximum Gasteiger partial charge on any atom is 0.348 e. The molecule has 0 spiro atoms. The summed E-state index contributed by atoms with van der Waals surface area (Å²) in [5.41, 5.74) is 0.716. The number of cyclic esters (lactones) is 2. The van der Waals surface area contributed by atoms with E-state index < -0.39 is 17.7 Å². The Kier molecular flexibility index (Phi) is 6.39. The summed E-state index contributed by atoms with van der Waals surface area (Å²) in [5.74, 6) is -1.56. The highest BCUT2D eigenvalue weighted by Gasteiger charge is 2.42. The highest BCUT2D eigenvalue weighted by molar-refractivity contribution is 9.10. The van der Waals surface area contributed by atoms with Gasteiger partial charge in [0.25, 0.3) is 5.79 Å². The molecule has 0 N–H and O–H groups in total. The first-order valence-corrected chi connectivity index (χ1v) is 10.2. The number of hydrogen-bond donors (Lipinski definition) is 0. The molecule has 1 saturated heterocycles. The summed E-state index contributed by atoms with van der Waals surface area (Å²) in [6.45, 7) is 3.75. The molecule has 0 atom stereocenters. The summed E-state index contributed by atoms with van der Waals surface area (Å²) in [6, 6.07) is 11.1. The van der Waals surface area contributed by atoms with Gasteiger partial charge in [-0.05, 0) is 30.7 Å². The third kappa shape index (κ3) is 4.93. The number of halogens is 1. The fourth-order valence-corrected chi connectivity index (χ4v) is 3.47. The van der Waals surface area contributed by atoms with Crippen molar-refractivity contribution in [1.29, 1.82) is 0 Å². The first-order valence-electron chi connectivity index (χ1n) is 9.44. The number of carbonyl (C=O) groups is 2. The van der Waals surface area contributed by atoms with E-state index in [1.54, 1.807) is 19.1 Å². The van der Waals surface area contributed by atoms with Gasteiger partial charge in [0.2, 0.25) is 0 Å². The second-order valence-corrected chi connectivity index (χ2v) is 7.91. The Bertz CT molecular complexity index is 876. The van der Waals surface area contributed by atoms with Crippen molar-refractivity contribution in [2.45, 2.75) is 51.7 Å². The molecule has 2 heterocycles. The number of esters is 2. The van der Waals surface area contributed by atoms with E-state index in [4.69, 9.17) is 13.9 Å². The zero-order valence-electron chi connectivity index (χ0n) is 16.0. The van der Waals surface area contributed by atoms with Crippen LogP contribution in [0.2, 0.25) is 0 Å². The molecule has 148 valence electrons. The third-order valence-electron chi connectivity index (χ3n) is 4.56. The van der Waals surface area contributed by atoms with Gasteiger partial charge in [-0.25, -0.2) is 9.59 Å². The molecule has 0 saturated carbocycles. The number of furan rings is 1. The number of carbonyl (C=O) groups excluding carboxylic acids is 2. The van der Waals surface area contributed by atoms with E-state index in [2.05, 4.69) is 22.9 Å². The SMILES string of the molecule is CCCCCCC1(C)OC(=O)C(=Cc2ccc(-c3cccc(Br)c3)o2)C(=O)O1. The summed E-state index contributed by atoms with van der Waals surface area (Å²) in [5, 5.41) is 0. The minimum Gasteiger partial charge on any atom is -0.457 e. The van der Waals surface area contributed by atoms with E-state index in [1.807, 2.05) is 24.3 Å². The Balaban J connectivity index is 1.72. The second-order valence-electron chi connectivity index (χ2n) is 6.99. The Morgan fingerprint density at radius 1 is 1.04 bits per heavy atom. The molecule has 0 unspecified atom stereocenters. The highest BCUT2D eigenvalue weighted by Crippen LogP contribution is 2.31. The standard InChI is InChI=1S/C22H23BrO5/c1-3-4-5-6-12-22(2)27-20(24)18(21(25)28-22)14-17-10-11-19(26-17)15-8-7-9-16(23)13-15/h7-11,13-14H,3-6,12H2,1-2H3. The molecule has 5 nitrogen and oxygen atoms in total. The molecule has 28 heavy (non-hydrogen) atoms. The van der Waals surface area contributed by atoms with Crippen molar-refractivity contribution in [3.05, 3.63) is 52.2 Å². The minimum absolute atomic E-state index is 0.166. The average molecular weight is 447 g/mol. The van der Waals surface area contributed by atoms with E-state index in [1.165, 1.54) is 6.08 Å². The average Bonchev–Trinajstić information content (AvgIpc) is 3.11. The first-order chi connectivity index (χ1) is 13.4. The van der Waals surface area contributed by atoms with Crippen LogP contribution < -0.4 is 0 Å². The van der Waals surface area contributed by atoms with Crippen LogP contribution in [0.15, 0.2) is 50.9 Å². The zero-order chi connectivity index (χ0) is 20.1. The van der Waals surface area contributed by atoms with Gasteiger partial charge in [-0.1, -0.05) is 54.2 Å². The lowest BCUT2D eigenvalue weighted by molar-refractivity contribution is -0.231. The molecule has 1 fully saturated rings. The molecule has 0 aliphatic carbocycles. The summed E-state index contributed by atoms with van der Waals surface area (Å²) in [4.78, 5) is 24.8. The van der Waals surface area contributed by atoms with E-state index in [-0.39, 0.29) is 5.57 Å². The number of hydrogen-bond acceptors (Lipinski definition) is 5. The molecule has 1 aliphatic heterocycles. The molecule has 0 bridgehead atoms. The van der Waals surface area contributed by atoms with Crippen LogP contribution in [0.3, 0.4) is 0 Å². The largest absolute Gasteiger partial charge is 0.457 e. The maximum atomic E-state index is 12.4. The van der Waals surface area contributed by atoms with Crippen LogP contribution in [0.25, 0.3) is 17.4 Å². The third-order valence-corrected chi connectivity index (χ3v) is 5.06. The van der Waals surface area contributed by atoms with Crippen molar-refractivity contribution in [2.75, 3.05) is 0 Å². The molecule has 2 aromatic rings. The van der Waals surface area contributed by atoms with Gasteiger partial charge in [0.05, 0.1) is 0 Å². The molecule has 1 aliphatic rings. The summed E-state index contributed by atoms with van der Waals surface area (Å²) in [6.07, 6.45) is 5.90. The Morgan fingerprint density at radius 2 is 1.79 bits per heavy atom. The van der Waals surface area contributed by atoms with Crippen molar-refractivity contribution in [3.8, 4) is 11.3 Å². The second kappa shape index (κ2) is 8.78. The van der Waals surface area contributed by atoms with Crippen molar-refractivity contribution >= 4 is 33.9 Å². The summed E-state index contributed by atoms with van der Waals surface area (Å²) in [7, 11) is 0. The monoisotopic (exact) mass is 446 g/mol. The Hall–Kier alpha value is -2.34. The number of ether oxygens (including phenoxy) is 2. The van der Waals surface area contributed by atoms with E-state index in [9.17, 15) is 9.59 Å². The van der Waals surface area contributed by atoms with Crippen LogP contribution in [-0.2, 0) is 19.1 Å². The van der Waals surface area contributed by atoms with E-state index in [0.717, 1.165) is 35.7 Å². The highest BCUT2D eigenvalue weighted by atomic mass is 79.9. The van der Waals surface area contributed by atoms with Crippen LogP contribution in [0, 0.1) is 0 Å². The quantitative estimate of drug-likeness (QED) is 0.230. The van der Waals surface area contributed by atoms with E-state index >= 15 is 0 Å². The molecular weight excluding hydrogens is 424 g/mol. The maximum absolute atomic E-state index is 12.4. The lowest BCUT2D eigenvalue weighted by Crippen LogP contribution is -2.44. The lowest BCUT2D eigenvalue weighted by atomic mass is 10.1. The van der Waals surface area contributed by atoms with Gasteiger partial charge in [-0.3, -0.25) is 0 Å². The Labute approximate surface area is 172 Å². The molecular formula is C22H23BrO5. The normalized spacial score (nSPS) is 19.3. The van der Waals surface area contributed by atoms with Crippen LogP contribution in [0.1, 0.15) is 51.7 Å². The topological polar surface area (TPSA) is 65.7 Å². The molecule has 0 radical (unpaired) electrons. The molecule has 3 rings (SSSR count). The van der Waals surface area contributed by atoms with Crippen molar-refractivity contribution in [3.63, 3.8) is 0 Å². The first kappa shape index (κ1) is 20.4.